The molecule has 7 nitrogen and oxygen atoms in total. The first-order valence-electron chi connectivity index (χ1n) is 11.0. The van der Waals surface area contributed by atoms with Crippen molar-refractivity contribution in [3.63, 3.8) is 0 Å². The molecule has 170 valence electrons. The van der Waals surface area contributed by atoms with Crippen molar-refractivity contribution in [2.75, 3.05) is 0 Å². The highest BCUT2D eigenvalue weighted by Gasteiger charge is 2.21. The number of H-pyrrole nitrogens is 1. The maximum atomic E-state index is 12.9. The van der Waals surface area contributed by atoms with Gasteiger partial charge in [-0.05, 0) is 56.7 Å². The van der Waals surface area contributed by atoms with Crippen molar-refractivity contribution in [3.8, 4) is 34.7 Å². The summed E-state index contributed by atoms with van der Waals surface area (Å²) in [5.41, 5.74) is 5.25. The Morgan fingerprint density at radius 1 is 0.943 bits per heavy atom. The normalized spacial score (nSPS) is 11.3. The molecule has 0 unspecified atom stereocenters. The minimum atomic E-state index is -0.650. The number of benzene rings is 3. The second-order valence-corrected chi connectivity index (χ2v) is 9.24. The quantitative estimate of drug-likeness (QED) is 0.330. The molecule has 0 atom stereocenters. The molecule has 35 heavy (non-hydrogen) atoms. The van der Waals surface area contributed by atoms with E-state index in [1.54, 1.807) is 30.5 Å². The molecular weight excluding hydrogens is 438 g/mol. The summed E-state index contributed by atoms with van der Waals surface area (Å²) in [5.74, 6) is 0.705. The summed E-state index contributed by atoms with van der Waals surface area (Å²) >= 11 is 0. The van der Waals surface area contributed by atoms with Crippen LogP contribution in [0.15, 0.2) is 66.9 Å². The summed E-state index contributed by atoms with van der Waals surface area (Å²) in [5, 5.41) is 19.3. The zero-order valence-corrected chi connectivity index (χ0v) is 19.5. The van der Waals surface area contributed by atoms with E-state index in [1.807, 2.05) is 57.2 Å². The number of nitrogens with zero attached hydrogens (tertiary/aromatic N) is 4. The lowest BCUT2D eigenvalue weighted by Gasteiger charge is -2.19. The zero-order chi connectivity index (χ0) is 24.7. The third kappa shape index (κ3) is 4.12. The van der Waals surface area contributed by atoms with Crippen LogP contribution in [0.4, 0.5) is 4.79 Å². The van der Waals surface area contributed by atoms with Crippen LogP contribution in [0.1, 0.15) is 31.9 Å². The van der Waals surface area contributed by atoms with Gasteiger partial charge in [0.1, 0.15) is 11.4 Å². The summed E-state index contributed by atoms with van der Waals surface area (Å²) in [7, 11) is 0. The van der Waals surface area contributed by atoms with E-state index in [2.05, 4.69) is 22.1 Å². The van der Waals surface area contributed by atoms with E-state index in [9.17, 15) is 10.1 Å². The molecule has 7 heteroatoms. The Morgan fingerprint density at radius 2 is 1.60 bits per heavy atom. The van der Waals surface area contributed by atoms with Gasteiger partial charge >= 0.3 is 6.09 Å². The lowest BCUT2D eigenvalue weighted by atomic mass is 10.0. The Hall–Kier alpha value is -4.88. The third-order valence-electron chi connectivity index (χ3n) is 5.61. The highest BCUT2D eigenvalue weighted by Crippen LogP contribution is 2.33. The number of nitriles is 2. The second kappa shape index (κ2) is 8.16. The molecule has 0 bridgehead atoms. The van der Waals surface area contributed by atoms with E-state index in [1.165, 1.54) is 4.57 Å². The van der Waals surface area contributed by atoms with Crippen molar-refractivity contribution in [1.29, 1.82) is 10.5 Å². The minimum absolute atomic E-state index is 0.465. The number of imidazole rings is 1. The number of nitrogens with one attached hydrogen (secondary N) is 1. The average molecular weight is 460 g/mol. The smallest absolute Gasteiger partial charge is 0.419 e. The van der Waals surface area contributed by atoms with Crippen LogP contribution in [-0.4, -0.2) is 26.2 Å². The Labute approximate surface area is 201 Å². The largest absolute Gasteiger partial charge is 0.443 e. The van der Waals surface area contributed by atoms with Gasteiger partial charge in [-0.1, -0.05) is 30.3 Å². The van der Waals surface area contributed by atoms with Crippen LogP contribution in [-0.2, 0) is 4.74 Å². The molecular formula is C28H21N5O2. The number of aromatic nitrogens is 3. The zero-order valence-electron chi connectivity index (χ0n) is 19.5. The van der Waals surface area contributed by atoms with Crippen molar-refractivity contribution >= 4 is 28.0 Å². The fraction of sp³-hybridized carbons (Fsp3) is 0.143. The Bertz CT molecular complexity index is 1690. The van der Waals surface area contributed by atoms with E-state index < -0.39 is 11.7 Å². The number of carbonyl (C=O) groups excluding carboxylic acids is 1. The predicted octanol–water partition coefficient (Wildman–Crippen LogP) is 6.38. The van der Waals surface area contributed by atoms with Gasteiger partial charge in [0.25, 0.3) is 0 Å². The molecule has 0 radical (unpaired) electrons. The van der Waals surface area contributed by atoms with Gasteiger partial charge in [0.2, 0.25) is 0 Å². The predicted molar refractivity (Wildman–Crippen MR) is 134 cm³/mol. The standard InChI is InChI=1S/C28H21N5O2/c1-28(2,3)35-27(34)33-16-22(21-10-4-18(15-30)13-25(21)33)19-6-8-20(9-7-19)26-31-23-11-5-17(14-29)12-24(23)32-26/h4-13,16H,1-3H3,(H,31,32). The van der Waals surface area contributed by atoms with Crippen molar-refractivity contribution < 1.29 is 9.53 Å². The number of hydrogen-bond acceptors (Lipinski definition) is 5. The van der Waals surface area contributed by atoms with Crippen molar-refractivity contribution in [1.82, 2.24) is 14.5 Å². The Balaban J connectivity index is 1.56. The summed E-state index contributed by atoms with van der Waals surface area (Å²) in [6, 6.07) is 22.8. The molecule has 0 saturated heterocycles. The molecule has 3 aromatic carbocycles. The fourth-order valence-corrected chi connectivity index (χ4v) is 4.01. The maximum absolute atomic E-state index is 12.9. The van der Waals surface area contributed by atoms with Crippen molar-refractivity contribution in [3.05, 3.63) is 78.0 Å². The van der Waals surface area contributed by atoms with Crippen LogP contribution in [0.25, 0.3) is 44.5 Å². The van der Waals surface area contributed by atoms with Crippen LogP contribution in [0.5, 0.6) is 0 Å². The molecule has 5 aromatic rings. The van der Waals surface area contributed by atoms with Gasteiger partial charge < -0.3 is 9.72 Å². The molecule has 0 amide bonds. The summed E-state index contributed by atoms with van der Waals surface area (Å²) < 4.78 is 7.04. The summed E-state index contributed by atoms with van der Waals surface area (Å²) in [6.07, 6.45) is 1.25. The number of fused-ring (bicyclic) bond motifs is 2. The third-order valence-corrected chi connectivity index (χ3v) is 5.61. The molecule has 0 fully saturated rings. The lowest BCUT2D eigenvalue weighted by molar-refractivity contribution is 0.0544. The van der Waals surface area contributed by atoms with Crippen LogP contribution < -0.4 is 0 Å². The van der Waals surface area contributed by atoms with Crippen molar-refractivity contribution in [2.45, 2.75) is 26.4 Å². The fourth-order valence-electron chi connectivity index (χ4n) is 4.01. The Kier molecular flexibility index (Phi) is 5.12. The highest BCUT2D eigenvalue weighted by molar-refractivity contribution is 6.01. The highest BCUT2D eigenvalue weighted by atomic mass is 16.6. The van der Waals surface area contributed by atoms with Gasteiger partial charge in [0, 0.05) is 22.7 Å². The summed E-state index contributed by atoms with van der Waals surface area (Å²) in [4.78, 5) is 20.8. The van der Waals surface area contributed by atoms with Gasteiger partial charge in [0.05, 0.1) is 39.8 Å². The molecule has 0 aliphatic rings. The van der Waals surface area contributed by atoms with Gasteiger partial charge in [-0.15, -0.1) is 0 Å². The van der Waals surface area contributed by atoms with E-state index in [-0.39, 0.29) is 0 Å². The van der Waals surface area contributed by atoms with Gasteiger partial charge in [-0.3, -0.25) is 4.57 Å². The number of carbonyl (C=O) groups is 1. The monoisotopic (exact) mass is 459 g/mol. The van der Waals surface area contributed by atoms with E-state index in [0.717, 1.165) is 33.1 Å². The average Bonchev–Trinajstić information content (AvgIpc) is 3.44. The van der Waals surface area contributed by atoms with E-state index in [0.29, 0.717) is 22.5 Å². The molecule has 0 aliphatic heterocycles. The van der Waals surface area contributed by atoms with Gasteiger partial charge in [-0.25, -0.2) is 9.78 Å². The number of hydrogen-bond donors (Lipinski definition) is 1. The SMILES string of the molecule is CC(C)(C)OC(=O)n1cc(-c2ccc(-c3nc4ccc(C#N)cc4[nH]3)cc2)c2ccc(C#N)cc21. The molecule has 0 saturated carbocycles. The van der Waals surface area contributed by atoms with Crippen molar-refractivity contribution in [2.24, 2.45) is 0 Å². The molecule has 0 spiro atoms. The number of aromatic amines is 1. The summed E-state index contributed by atoms with van der Waals surface area (Å²) in [6.45, 7) is 5.45. The first-order chi connectivity index (χ1) is 16.8. The first-order valence-corrected chi connectivity index (χ1v) is 11.0. The van der Waals surface area contributed by atoms with E-state index in [4.69, 9.17) is 10.00 Å². The van der Waals surface area contributed by atoms with Crippen LogP contribution in [0.3, 0.4) is 0 Å². The topological polar surface area (TPSA) is 107 Å². The lowest BCUT2D eigenvalue weighted by Crippen LogP contribution is -2.26. The number of rotatable bonds is 2. The van der Waals surface area contributed by atoms with Crippen LogP contribution in [0, 0.1) is 22.7 Å². The van der Waals surface area contributed by atoms with Crippen LogP contribution in [0.2, 0.25) is 0 Å². The minimum Gasteiger partial charge on any atom is -0.443 e. The molecule has 1 N–H and O–H groups in total. The molecule has 2 aromatic heterocycles. The van der Waals surface area contributed by atoms with Gasteiger partial charge in [0.15, 0.2) is 0 Å². The molecule has 0 aliphatic carbocycles. The molecule has 2 heterocycles. The molecule has 5 rings (SSSR count). The van der Waals surface area contributed by atoms with Gasteiger partial charge in [-0.2, -0.15) is 10.5 Å². The van der Waals surface area contributed by atoms with Crippen LogP contribution >= 0.6 is 0 Å². The maximum Gasteiger partial charge on any atom is 0.419 e. The Morgan fingerprint density at radius 3 is 2.29 bits per heavy atom. The number of ether oxygens (including phenoxy) is 1. The second-order valence-electron chi connectivity index (χ2n) is 9.24. The first kappa shape index (κ1) is 21.9. The van der Waals surface area contributed by atoms with E-state index >= 15 is 0 Å².